The number of hydrogen-bond acceptors (Lipinski definition) is 5. The summed E-state index contributed by atoms with van der Waals surface area (Å²) in [5, 5.41) is 11.3. The molecule has 7 heteroatoms. The van der Waals surface area contributed by atoms with Gasteiger partial charge in [-0.25, -0.2) is 4.79 Å². The maximum atomic E-state index is 11.7. The van der Waals surface area contributed by atoms with Crippen LogP contribution in [0.5, 0.6) is 11.5 Å². The fraction of sp³-hybridized carbons (Fsp3) is 0.385. The highest BCUT2D eigenvalue weighted by Crippen LogP contribution is 2.25. The van der Waals surface area contributed by atoms with Crippen molar-refractivity contribution in [2.24, 2.45) is 0 Å². The van der Waals surface area contributed by atoms with Crippen molar-refractivity contribution in [3.05, 3.63) is 24.3 Å². The first-order valence-electron chi connectivity index (χ1n) is 5.85. The minimum atomic E-state index is -1.06. The summed E-state index contributed by atoms with van der Waals surface area (Å²) in [6.07, 6.45) is 1.77. The number of para-hydroxylation sites is 2. The highest BCUT2D eigenvalue weighted by atomic mass is 32.2. The number of hydrogen-bond donors (Lipinski definition) is 2. The lowest BCUT2D eigenvalue weighted by Gasteiger charge is -2.14. The van der Waals surface area contributed by atoms with Gasteiger partial charge in [0.05, 0.1) is 7.11 Å². The molecule has 0 bridgehead atoms. The summed E-state index contributed by atoms with van der Waals surface area (Å²) in [4.78, 5) is 22.6. The third-order valence-corrected chi connectivity index (χ3v) is 3.06. The van der Waals surface area contributed by atoms with Crippen LogP contribution in [0.2, 0.25) is 0 Å². The van der Waals surface area contributed by atoms with Crippen molar-refractivity contribution in [1.29, 1.82) is 0 Å². The number of nitrogens with one attached hydrogen (secondary N) is 1. The third-order valence-electron chi connectivity index (χ3n) is 2.39. The van der Waals surface area contributed by atoms with E-state index in [9.17, 15) is 9.59 Å². The Morgan fingerprint density at radius 3 is 2.55 bits per heavy atom. The topological polar surface area (TPSA) is 84.9 Å². The number of amides is 1. The Kier molecular flexibility index (Phi) is 6.72. The van der Waals surface area contributed by atoms with Crippen LogP contribution < -0.4 is 14.8 Å². The molecular formula is C13H17NO5S. The summed E-state index contributed by atoms with van der Waals surface area (Å²) < 4.78 is 10.4. The summed E-state index contributed by atoms with van der Waals surface area (Å²) in [6, 6.07) is 6.00. The SMILES string of the molecule is COc1ccccc1OCC(=O)N[C@@H](CSC)C(=O)O. The van der Waals surface area contributed by atoms with Crippen molar-refractivity contribution in [1.82, 2.24) is 5.32 Å². The Balaban J connectivity index is 2.52. The van der Waals surface area contributed by atoms with E-state index in [1.54, 1.807) is 30.5 Å². The number of carboxylic acid groups (broad SMARTS) is 1. The molecule has 1 aromatic carbocycles. The predicted octanol–water partition coefficient (Wildman–Crippen LogP) is 1.01. The molecule has 0 aromatic heterocycles. The third kappa shape index (κ3) is 5.00. The van der Waals surface area contributed by atoms with Crippen LogP contribution in [0.1, 0.15) is 0 Å². The Morgan fingerprint density at radius 2 is 2.00 bits per heavy atom. The zero-order valence-corrected chi connectivity index (χ0v) is 12.1. The normalized spacial score (nSPS) is 11.5. The van der Waals surface area contributed by atoms with Gasteiger partial charge in [-0.1, -0.05) is 12.1 Å². The van der Waals surface area contributed by atoms with Crippen molar-refractivity contribution >= 4 is 23.6 Å². The van der Waals surface area contributed by atoms with Gasteiger partial charge >= 0.3 is 5.97 Å². The summed E-state index contributed by atoms with van der Waals surface area (Å²) in [7, 11) is 1.50. The van der Waals surface area contributed by atoms with Crippen molar-refractivity contribution < 1.29 is 24.2 Å². The molecule has 0 saturated carbocycles. The van der Waals surface area contributed by atoms with E-state index in [0.717, 1.165) is 0 Å². The number of carboxylic acids is 1. The summed E-state index contributed by atoms with van der Waals surface area (Å²) in [6.45, 7) is -0.265. The molecule has 20 heavy (non-hydrogen) atoms. The van der Waals surface area contributed by atoms with Crippen LogP contribution in [0.25, 0.3) is 0 Å². The fourth-order valence-electron chi connectivity index (χ4n) is 1.46. The molecule has 0 radical (unpaired) electrons. The highest BCUT2D eigenvalue weighted by molar-refractivity contribution is 7.98. The van der Waals surface area contributed by atoms with E-state index in [-0.39, 0.29) is 6.61 Å². The smallest absolute Gasteiger partial charge is 0.327 e. The van der Waals surface area contributed by atoms with E-state index in [1.807, 2.05) is 0 Å². The predicted molar refractivity (Wildman–Crippen MR) is 76.4 cm³/mol. The standard InChI is InChI=1S/C13H17NO5S/c1-18-10-5-3-4-6-11(10)19-7-12(15)14-9(8-20-2)13(16)17/h3-6,9H,7-8H2,1-2H3,(H,14,15)(H,16,17)/t9-/m0/s1. The van der Waals surface area contributed by atoms with Crippen molar-refractivity contribution in [3.63, 3.8) is 0 Å². The molecule has 0 spiro atoms. The fourth-order valence-corrected chi connectivity index (χ4v) is 2.02. The Hall–Kier alpha value is -1.89. The van der Waals surface area contributed by atoms with Crippen molar-refractivity contribution in [3.8, 4) is 11.5 Å². The van der Waals surface area contributed by atoms with Gasteiger partial charge in [-0.3, -0.25) is 4.79 Å². The van der Waals surface area contributed by atoms with Crippen LogP contribution in [0.4, 0.5) is 0 Å². The van der Waals surface area contributed by atoms with Crippen LogP contribution in [0, 0.1) is 0 Å². The molecule has 0 unspecified atom stereocenters. The molecule has 6 nitrogen and oxygen atoms in total. The van der Waals surface area contributed by atoms with E-state index in [1.165, 1.54) is 18.9 Å². The molecule has 1 amide bonds. The van der Waals surface area contributed by atoms with E-state index >= 15 is 0 Å². The molecule has 0 aliphatic rings. The van der Waals surface area contributed by atoms with Gasteiger partial charge in [0.2, 0.25) is 0 Å². The molecule has 1 atom stereocenters. The summed E-state index contributed by atoms with van der Waals surface area (Å²) in [5.74, 6) is -0.307. The molecular weight excluding hydrogens is 282 g/mol. The van der Waals surface area contributed by atoms with Gasteiger partial charge in [0.15, 0.2) is 18.1 Å². The first kappa shape index (κ1) is 16.2. The van der Waals surface area contributed by atoms with Crippen molar-refractivity contribution in [2.75, 3.05) is 25.7 Å². The number of benzene rings is 1. The van der Waals surface area contributed by atoms with Crippen LogP contribution in [0.15, 0.2) is 24.3 Å². The van der Waals surface area contributed by atoms with E-state index in [4.69, 9.17) is 14.6 Å². The van der Waals surface area contributed by atoms with Gasteiger partial charge in [0, 0.05) is 5.75 Å². The van der Waals surface area contributed by atoms with Gasteiger partial charge in [0.25, 0.3) is 5.91 Å². The van der Waals surface area contributed by atoms with Gasteiger partial charge in [-0.05, 0) is 18.4 Å². The molecule has 0 aliphatic heterocycles. The van der Waals surface area contributed by atoms with Crippen LogP contribution >= 0.6 is 11.8 Å². The number of methoxy groups -OCH3 is 1. The molecule has 0 fully saturated rings. The second-order valence-corrected chi connectivity index (χ2v) is 4.76. The molecule has 0 saturated heterocycles. The molecule has 0 aliphatic carbocycles. The second-order valence-electron chi connectivity index (χ2n) is 3.85. The summed E-state index contributed by atoms with van der Waals surface area (Å²) >= 11 is 1.34. The number of rotatable bonds is 8. The number of aliphatic carboxylic acids is 1. The first-order valence-corrected chi connectivity index (χ1v) is 7.24. The number of carbonyl (C=O) groups is 2. The Morgan fingerprint density at radius 1 is 1.35 bits per heavy atom. The van der Waals surface area contributed by atoms with E-state index in [2.05, 4.69) is 5.32 Å². The number of carbonyl (C=O) groups excluding carboxylic acids is 1. The lowest BCUT2D eigenvalue weighted by molar-refractivity contribution is -0.141. The van der Waals surface area contributed by atoms with Gasteiger partial charge in [0.1, 0.15) is 6.04 Å². The maximum absolute atomic E-state index is 11.7. The minimum absolute atomic E-state index is 0.265. The molecule has 1 rings (SSSR count). The largest absolute Gasteiger partial charge is 0.493 e. The molecule has 1 aromatic rings. The van der Waals surface area contributed by atoms with Gasteiger partial charge in [-0.15, -0.1) is 0 Å². The van der Waals surface area contributed by atoms with Crippen molar-refractivity contribution in [2.45, 2.75) is 6.04 Å². The Labute approximate surface area is 121 Å². The average Bonchev–Trinajstić information content (AvgIpc) is 2.44. The monoisotopic (exact) mass is 299 g/mol. The molecule has 0 heterocycles. The van der Waals surface area contributed by atoms with Gasteiger partial charge < -0.3 is 19.9 Å². The van der Waals surface area contributed by atoms with Crippen LogP contribution in [0.3, 0.4) is 0 Å². The molecule has 2 N–H and O–H groups in total. The van der Waals surface area contributed by atoms with E-state index < -0.39 is 17.9 Å². The minimum Gasteiger partial charge on any atom is -0.493 e. The molecule has 110 valence electrons. The second kappa shape index (κ2) is 8.31. The quantitative estimate of drug-likeness (QED) is 0.745. The highest BCUT2D eigenvalue weighted by Gasteiger charge is 2.19. The van der Waals surface area contributed by atoms with E-state index in [0.29, 0.717) is 17.3 Å². The average molecular weight is 299 g/mol. The summed E-state index contributed by atoms with van der Waals surface area (Å²) in [5.41, 5.74) is 0. The lowest BCUT2D eigenvalue weighted by atomic mass is 10.3. The zero-order valence-electron chi connectivity index (χ0n) is 11.3. The number of ether oxygens (including phenoxy) is 2. The lowest BCUT2D eigenvalue weighted by Crippen LogP contribution is -2.44. The van der Waals surface area contributed by atoms with Crippen LogP contribution in [-0.2, 0) is 9.59 Å². The first-order chi connectivity index (χ1) is 9.58. The van der Waals surface area contributed by atoms with Crippen LogP contribution in [-0.4, -0.2) is 48.8 Å². The van der Waals surface area contributed by atoms with Gasteiger partial charge in [-0.2, -0.15) is 11.8 Å². The Bertz CT molecular complexity index is 466. The zero-order chi connectivity index (χ0) is 15.0. The number of thioether (sulfide) groups is 1. The maximum Gasteiger partial charge on any atom is 0.327 e.